The Morgan fingerprint density at radius 1 is 1.80 bits per heavy atom. The zero-order chi connectivity index (χ0) is 3.58. The van der Waals surface area contributed by atoms with Crippen LogP contribution in [0.5, 0.6) is 0 Å². The first kappa shape index (κ1) is 9.37. The van der Waals surface area contributed by atoms with Crippen LogP contribution in [0.3, 0.4) is 0 Å². The van der Waals surface area contributed by atoms with Crippen LogP contribution in [-0.4, -0.2) is 40.6 Å². The number of hydrogen-bond donors (Lipinski definition) is 1. The Bertz CT molecular complexity index is 29.9. The molecule has 0 heterocycles. The van der Waals surface area contributed by atoms with Crippen LogP contribution in [-0.2, 0) is 11.4 Å². The Balaban J connectivity index is 0. The second-order valence-corrected chi connectivity index (χ2v) is 0.651. The first-order valence-corrected chi connectivity index (χ1v) is 1.55. The molecule has 2 radical (unpaired) electrons. The molecule has 0 fully saturated rings. The van der Waals surface area contributed by atoms with E-state index in [0.717, 1.165) is 0 Å². The van der Waals surface area contributed by atoms with Gasteiger partial charge in [0, 0.05) is 0 Å². The third-order valence-electron chi connectivity index (χ3n) is 0. The summed E-state index contributed by atoms with van der Waals surface area (Å²) in [6.45, 7) is 0. The maximum atomic E-state index is 8.56. The van der Waals surface area contributed by atoms with Crippen LogP contribution >= 0.6 is 0 Å². The third kappa shape index (κ3) is 45.4. The molecule has 0 saturated carbocycles. The van der Waals surface area contributed by atoms with Crippen molar-refractivity contribution in [1.82, 2.24) is 0 Å². The van der Waals surface area contributed by atoms with Gasteiger partial charge in [-0.3, -0.25) is 0 Å². The Morgan fingerprint density at radius 3 is 1.80 bits per heavy atom. The van der Waals surface area contributed by atoms with Gasteiger partial charge in [-0.1, -0.05) is 0 Å². The fourth-order valence-corrected chi connectivity index (χ4v) is 0. The molecule has 1 N–H and O–H groups in total. The summed E-state index contributed by atoms with van der Waals surface area (Å²) in [5, 5.41) is 0. The van der Waals surface area contributed by atoms with Gasteiger partial charge < -0.3 is 9.11 Å². The van der Waals surface area contributed by atoms with Crippen molar-refractivity contribution in [1.29, 1.82) is 0 Å². The second-order valence-electron chi connectivity index (χ2n) is 0.217. The molecule has 5 heteroatoms. The van der Waals surface area contributed by atoms with Crippen LogP contribution in [0.2, 0.25) is 0 Å². The molecule has 1 atom stereocenters. The zero-order valence-corrected chi connectivity index (χ0v) is 8.69. The van der Waals surface area contributed by atoms with E-state index in [4.69, 9.17) is 13.3 Å². The average molecular weight is 290 g/mol. The van der Waals surface area contributed by atoms with Crippen LogP contribution in [0.1, 0.15) is 0 Å². The Labute approximate surface area is 52.0 Å². The van der Waals surface area contributed by atoms with Crippen LogP contribution in [0.4, 0.5) is 0 Å². The molecule has 0 bridgehead atoms. The third-order valence-corrected chi connectivity index (χ3v) is 0. The number of hydrogen-bond acceptors (Lipinski definition) is 2. The van der Waals surface area contributed by atoms with E-state index >= 15 is 0 Å². The van der Waals surface area contributed by atoms with E-state index in [-0.39, 0.29) is 27.3 Å². The van der Waals surface area contributed by atoms with Crippen LogP contribution in [0, 0.1) is 0 Å². The van der Waals surface area contributed by atoms with Gasteiger partial charge >= 0.3 is 27.3 Å². The molecule has 32 valence electrons. The van der Waals surface area contributed by atoms with Gasteiger partial charge in [-0.2, -0.15) is 0 Å². The molecule has 3 nitrogen and oxygen atoms in total. The molecule has 0 aromatic heterocycles. The first-order valence-electron chi connectivity index (χ1n) is 0.516. The molecule has 0 rings (SSSR count). The predicted octanol–water partition coefficient (Wildman–Crippen LogP) is -1.58. The predicted molar refractivity (Wildman–Crippen MR) is 20.1 cm³/mol. The summed E-state index contributed by atoms with van der Waals surface area (Å²) in [5.41, 5.74) is 0. The summed E-state index contributed by atoms with van der Waals surface area (Å²) >= 11 is -2.86. The maximum absolute atomic E-state index is 8.56. The Morgan fingerprint density at radius 2 is 1.80 bits per heavy atom. The minimum absolute atomic E-state index is 0. The van der Waals surface area contributed by atoms with E-state index < -0.39 is 11.4 Å². The molecule has 5 heavy (non-hydrogen) atoms. The van der Waals surface area contributed by atoms with Gasteiger partial charge in [0.2, 0.25) is 0 Å². The van der Waals surface area contributed by atoms with Gasteiger partial charge in [-0.15, -0.1) is 0 Å². The molecule has 1 unspecified atom stereocenters. The quantitative estimate of drug-likeness (QED) is 0.433. The van der Waals surface area contributed by atoms with Crippen molar-refractivity contribution in [2.45, 2.75) is 0 Å². The zero-order valence-electron chi connectivity index (χ0n) is 2.38. The van der Waals surface area contributed by atoms with Gasteiger partial charge in [0.25, 0.3) is 0 Å². The molecular weight excluding hydrogens is 287 g/mol. The van der Waals surface area contributed by atoms with Crippen LogP contribution in [0.15, 0.2) is 0 Å². The topological polar surface area (TPSA) is 60.4 Å². The van der Waals surface area contributed by atoms with Gasteiger partial charge in [-0.05, 0) is 0 Å². The molecule has 0 spiro atoms. The molecule has 0 aliphatic rings. The van der Waals surface area contributed by atoms with Crippen molar-refractivity contribution in [3.8, 4) is 0 Å². The van der Waals surface area contributed by atoms with E-state index in [1.54, 1.807) is 0 Å². The molecule has 0 aliphatic carbocycles. The minimum atomic E-state index is -2.86. The van der Waals surface area contributed by atoms with Crippen molar-refractivity contribution in [3.63, 3.8) is 0 Å². The summed E-state index contributed by atoms with van der Waals surface area (Å²) < 4.78 is 24.1. The van der Waals surface area contributed by atoms with E-state index in [9.17, 15) is 0 Å². The van der Waals surface area contributed by atoms with Crippen molar-refractivity contribution in [2.75, 3.05) is 0 Å². The summed E-state index contributed by atoms with van der Waals surface area (Å²) in [6.07, 6.45) is 0. The normalized spacial score (nSPS) is 12.4. The van der Waals surface area contributed by atoms with E-state index in [2.05, 4.69) is 0 Å². The number of rotatable bonds is 0. The van der Waals surface area contributed by atoms with E-state index in [1.807, 2.05) is 0 Å². The average Bonchev–Trinajstić information content (AvgIpc) is 0.811. The SMILES string of the molecule is O=S([O-])O.[PbH2]. The summed E-state index contributed by atoms with van der Waals surface area (Å²) in [6, 6.07) is 0. The van der Waals surface area contributed by atoms with Crippen molar-refractivity contribution in [3.05, 3.63) is 0 Å². The molecule has 0 aromatic rings. The second kappa shape index (κ2) is 4.99. The Kier molecular flexibility index (Phi) is 9.36. The molecule has 0 aromatic carbocycles. The van der Waals surface area contributed by atoms with E-state index in [0.29, 0.717) is 0 Å². The van der Waals surface area contributed by atoms with Gasteiger partial charge in [0.05, 0.1) is 11.4 Å². The van der Waals surface area contributed by atoms with Crippen molar-refractivity contribution in [2.24, 2.45) is 0 Å². The molecule has 0 amide bonds. The van der Waals surface area contributed by atoms with Gasteiger partial charge in [-0.25, -0.2) is 4.21 Å². The monoisotopic (exact) mass is 291 g/mol. The molecule has 0 saturated heterocycles. The fraction of sp³-hybridized carbons (Fsp3) is 0. The molecular formula is H3O3PbS-. The van der Waals surface area contributed by atoms with Crippen molar-refractivity contribution >= 4 is 38.7 Å². The van der Waals surface area contributed by atoms with Gasteiger partial charge in [0.15, 0.2) is 0 Å². The standard InChI is InChI=1S/H2O3S.Pb.2H/c1-4(2)3;;;/h(H2,1,2,3);;;/p-1. The van der Waals surface area contributed by atoms with E-state index in [1.165, 1.54) is 0 Å². The Hall–Kier alpha value is 0.992. The van der Waals surface area contributed by atoms with Gasteiger partial charge in [0.1, 0.15) is 0 Å². The molecule has 0 aliphatic heterocycles. The first-order chi connectivity index (χ1) is 1.73. The summed E-state index contributed by atoms with van der Waals surface area (Å²) in [5.74, 6) is 0. The summed E-state index contributed by atoms with van der Waals surface area (Å²) in [4.78, 5) is 0. The summed E-state index contributed by atoms with van der Waals surface area (Å²) in [7, 11) is 0. The van der Waals surface area contributed by atoms with Crippen LogP contribution < -0.4 is 0 Å². The fourth-order valence-electron chi connectivity index (χ4n) is 0. The van der Waals surface area contributed by atoms with Crippen LogP contribution in [0.25, 0.3) is 0 Å². The van der Waals surface area contributed by atoms with Crippen molar-refractivity contribution < 1.29 is 13.3 Å².